The minimum atomic E-state index is -0.516. The Hall–Kier alpha value is -2.40. The first-order valence-corrected chi connectivity index (χ1v) is 6.29. The Balaban J connectivity index is 2.34. The van der Waals surface area contributed by atoms with Crippen LogP contribution in [0.4, 0.5) is 5.69 Å². The van der Waals surface area contributed by atoms with Crippen molar-refractivity contribution in [1.29, 1.82) is 0 Å². The summed E-state index contributed by atoms with van der Waals surface area (Å²) >= 11 is 0. The topological polar surface area (TPSA) is 72.6 Å². The SMILES string of the molecule is CCc1cccc(Oc2ccc(CO)cc2[N+](=O)[O-])c1. The summed E-state index contributed by atoms with van der Waals surface area (Å²) in [4.78, 5) is 10.5. The van der Waals surface area contributed by atoms with Crippen LogP contribution in [0, 0.1) is 10.1 Å². The van der Waals surface area contributed by atoms with Gasteiger partial charge in [-0.2, -0.15) is 0 Å². The van der Waals surface area contributed by atoms with Gasteiger partial charge in [-0.15, -0.1) is 0 Å². The van der Waals surface area contributed by atoms with Gasteiger partial charge >= 0.3 is 5.69 Å². The number of aliphatic hydroxyl groups excluding tert-OH is 1. The zero-order valence-electron chi connectivity index (χ0n) is 11.1. The smallest absolute Gasteiger partial charge is 0.311 e. The molecule has 0 radical (unpaired) electrons. The second kappa shape index (κ2) is 6.16. The van der Waals surface area contributed by atoms with Gasteiger partial charge in [0.2, 0.25) is 5.75 Å². The molecule has 104 valence electrons. The van der Waals surface area contributed by atoms with Crippen molar-refractivity contribution in [2.75, 3.05) is 0 Å². The number of ether oxygens (including phenoxy) is 1. The van der Waals surface area contributed by atoms with E-state index in [4.69, 9.17) is 9.84 Å². The van der Waals surface area contributed by atoms with Gasteiger partial charge < -0.3 is 9.84 Å². The van der Waals surface area contributed by atoms with E-state index >= 15 is 0 Å². The second-order valence-electron chi connectivity index (χ2n) is 4.32. The fourth-order valence-electron chi connectivity index (χ4n) is 1.85. The van der Waals surface area contributed by atoms with E-state index < -0.39 is 4.92 Å². The molecule has 5 heteroatoms. The minimum Gasteiger partial charge on any atom is -0.450 e. The zero-order valence-corrected chi connectivity index (χ0v) is 11.1. The molecule has 2 aromatic carbocycles. The Kier molecular flexibility index (Phi) is 4.32. The molecule has 2 aromatic rings. The van der Waals surface area contributed by atoms with Crippen LogP contribution in [0.3, 0.4) is 0 Å². The average molecular weight is 273 g/mol. The molecule has 0 aromatic heterocycles. The van der Waals surface area contributed by atoms with Crippen LogP contribution < -0.4 is 4.74 Å². The molecule has 0 atom stereocenters. The van der Waals surface area contributed by atoms with Crippen molar-refractivity contribution in [3.63, 3.8) is 0 Å². The van der Waals surface area contributed by atoms with Gasteiger partial charge in [0.25, 0.3) is 0 Å². The first-order valence-electron chi connectivity index (χ1n) is 6.29. The van der Waals surface area contributed by atoms with Crippen molar-refractivity contribution < 1.29 is 14.8 Å². The highest BCUT2D eigenvalue weighted by Crippen LogP contribution is 2.32. The molecule has 0 aliphatic rings. The number of aryl methyl sites for hydroxylation is 1. The summed E-state index contributed by atoms with van der Waals surface area (Å²) in [6, 6.07) is 11.8. The molecule has 0 bridgehead atoms. The Morgan fingerprint density at radius 3 is 2.65 bits per heavy atom. The maximum Gasteiger partial charge on any atom is 0.311 e. The number of hydrogen-bond acceptors (Lipinski definition) is 4. The van der Waals surface area contributed by atoms with E-state index in [2.05, 4.69) is 0 Å². The van der Waals surface area contributed by atoms with Crippen molar-refractivity contribution in [2.45, 2.75) is 20.0 Å². The van der Waals surface area contributed by atoms with E-state index in [-0.39, 0.29) is 18.0 Å². The highest BCUT2D eigenvalue weighted by molar-refractivity contribution is 5.50. The maximum absolute atomic E-state index is 11.0. The molecule has 0 fully saturated rings. The van der Waals surface area contributed by atoms with E-state index in [1.165, 1.54) is 12.1 Å². The molecule has 0 unspecified atom stereocenters. The van der Waals surface area contributed by atoms with Gasteiger partial charge in [-0.05, 0) is 35.7 Å². The average Bonchev–Trinajstić information content (AvgIpc) is 2.47. The van der Waals surface area contributed by atoms with Gasteiger partial charge in [-0.25, -0.2) is 0 Å². The van der Waals surface area contributed by atoms with Crippen LogP contribution in [0.1, 0.15) is 18.1 Å². The van der Waals surface area contributed by atoms with E-state index in [1.54, 1.807) is 12.1 Å². The van der Waals surface area contributed by atoms with Crippen LogP contribution >= 0.6 is 0 Å². The molecule has 0 aliphatic carbocycles. The van der Waals surface area contributed by atoms with Crippen molar-refractivity contribution in [1.82, 2.24) is 0 Å². The molecule has 0 heterocycles. The zero-order chi connectivity index (χ0) is 14.5. The molecule has 0 saturated heterocycles. The third-order valence-corrected chi connectivity index (χ3v) is 2.94. The number of nitro groups is 1. The summed E-state index contributed by atoms with van der Waals surface area (Å²) in [5.74, 6) is 0.727. The van der Waals surface area contributed by atoms with Gasteiger partial charge in [0.05, 0.1) is 11.5 Å². The van der Waals surface area contributed by atoms with Gasteiger partial charge in [0.1, 0.15) is 5.75 Å². The monoisotopic (exact) mass is 273 g/mol. The number of rotatable bonds is 5. The third-order valence-electron chi connectivity index (χ3n) is 2.94. The number of benzene rings is 2. The first kappa shape index (κ1) is 14.0. The van der Waals surface area contributed by atoms with E-state index in [0.29, 0.717) is 11.3 Å². The number of nitro benzene ring substituents is 1. The van der Waals surface area contributed by atoms with Crippen LogP contribution in [-0.4, -0.2) is 10.0 Å². The summed E-state index contributed by atoms with van der Waals surface area (Å²) < 4.78 is 5.59. The molecule has 0 amide bonds. The summed E-state index contributed by atoms with van der Waals surface area (Å²) in [5, 5.41) is 20.1. The summed E-state index contributed by atoms with van der Waals surface area (Å²) in [5.41, 5.74) is 1.42. The number of hydrogen-bond donors (Lipinski definition) is 1. The highest BCUT2D eigenvalue weighted by atomic mass is 16.6. The summed E-state index contributed by atoms with van der Waals surface area (Å²) in [6.45, 7) is 1.78. The van der Waals surface area contributed by atoms with Crippen molar-refractivity contribution in [3.05, 3.63) is 63.7 Å². The molecule has 0 spiro atoms. The third kappa shape index (κ3) is 3.13. The largest absolute Gasteiger partial charge is 0.450 e. The van der Waals surface area contributed by atoms with Crippen LogP contribution in [0.5, 0.6) is 11.5 Å². The normalized spacial score (nSPS) is 10.3. The molecular weight excluding hydrogens is 258 g/mol. The first-order chi connectivity index (χ1) is 9.63. The van der Waals surface area contributed by atoms with Gasteiger partial charge in [-0.3, -0.25) is 10.1 Å². The van der Waals surface area contributed by atoms with Crippen LogP contribution in [0.25, 0.3) is 0 Å². The quantitative estimate of drug-likeness (QED) is 0.669. The molecule has 5 nitrogen and oxygen atoms in total. The lowest BCUT2D eigenvalue weighted by Gasteiger charge is -2.08. The van der Waals surface area contributed by atoms with Crippen molar-refractivity contribution in [3.8, 4) is 11.5 Å². The molecule has 0 aliphatic heterocycles. The van der Waals surface area contributed by atoms with E-state index in [0.717, 1.165) is 12.0 Å². The van der Waals surface area contributed by atoms with Gasteiger partial charge in [0.15, 0.2) is 0 Å². The lowest BCUT2D eigenvalue weighted by Crippen LogP contribution is -1.96. The predicted molar refractivity (Wildman–Crippen MR) is 74.9 cm³/mol. The maximum atomic E-state index is 11.0. The molecule has 1 N–H and O–H groups in total. The lowest BCUT2D eigenvalue weighted by molar-refractivity contribution is -0.385. The number of aliphatic hydroxyl groups is 1. The number of nitrogens with zero attached hydrogens (tertiary/aromatic N) is 1. The highest BCUT2D eigenvalue weighted by Gasteiger charge is 2.16. The minimum absolute atomic E-state index is 0.154. The lowest BCUT2D eigenvalue weighted by atomic mass is 10.1. The Labute approximate surface area is 116 Å². The molecule has 2 rings (SSSR count). The van der Waals surface area contributed by atoms with Crippen molar-refractivity contribution in [2.24, 2.45) is 0 Å². The van der Waals surface area contributed by atoms with Gasteiger partial charge in [0, 0.05) is 6.07 Å². The van der Waals surface area contributed by atoms with Crippen molar-refractivity contribution >= 4 is 5.69 Å². The Morgan fingerprint density at radius 1 is 1.20 bits per heavy atom. The fourth-order valence-corrected chi connectivity index (χ4v) is 1.85. The van der Waals surface area contributed by atoms with Crippen LogP contribution in [-0.2, 0) is 13.0 Å². The predicted octanol–water partition coefficient (Wildman–Crippen LogP) is 3.44. The Morgan fingerprint density at radius 2 is 2.00 bits per heavy atom. The van der Waals surface area contributed by atoms with Gasteiger partial charge in [-0.1, -0.05) is 25.1 Å². The molecule has 0 saturated carbocycles. The van der Waals surface area contributed by atoms with E-state index in [1.807, 2.05) is 25.1 Å². The van der Waals surface area contributed by atoms with Crippen LogP contribution in [0.2, 0.25) is 0 Å². The van der Waals surface area contributed by atoms with E-state index in [9.17, 15) is 10.1 Å². The fraction of sp³-hybridized carbons (Fsp3) is 0.200. The summed E-state index contributed by atoms with van der Waals surface area (Å²) in [6.07, 6.45) is 0.864. The second-order valence-corrected chi connectivity index (χ2v) is 4.32. The summed E-state index contributed by atoms with van der Waals surface area (Å²) in [7, 11) is 0. The van der Waals surface area contributed by atoms with Crippen LogP contribution in [0.15, 0.2) is 42.5 Å². The molecule has 20 heavy (non-hydrogen) atoms. The Bertz CT molecular complexity index is 625. The molecular formula is C15H15NO4. The standard InChI is InChI=1S/C15H15NO4/c1-2-11-4-3-5-13(8-11)20-15-7-6-12(10-17)9-14(15)16(18)19/h3-9,17H,2,10H2,1H3.